The summed E-state index contributed by atoms with van der Waals surface area (Å²) in [6.07, 6.45) is 11.7. The average Bonchev–Trinajstić information content (AvgIpc) is 2.73. The van der Waals surface area contributed by atoms with Gasteiger partial charge >= 0.3 is 0 Å². The van der Waals surface area contributed by atoms with Crippen molar-refractivity contribution in [2.75, 3.05) is 39.3 Å². The van der Waals surface area contributed by atoms with Gasteiger partial charge in [-0.05, 0) is 57.4 Å². The van der Waals surface area contributed by atoms with Crippen LogP contribution in [0.15, 0.2) is 0 Å². The predicted molar refractivity (Wildman–Crippen MR) is 112 cm³/mol. The summed E-state index contributed by atoms with van der Waals surface area (Å²) < 4.78 is 0. The van der Waals surface area contributed by atoms with E-state index in [2.05, 4.69) is 20.9 Å². The van der Waals surface area contributed by atoms with Gasteiger partial charge in [0.2, 0.25) is 11.8 Å². The van der Waals surface area contributed by atoms with E-state index in [9.17, 15) is 9.59 Å². The second-order valence-electron chi connectivity index (χ2n) is 9.06. The Labute approximate surface area is 170 Å². The van der Waals surface area contributed by atoms with Gasteiger partial charge < -0.3 is 20.9 Å². The van der Waals surface area contributed by atoms with Crippen LogP contribution in [-0.2, 0) is 9.59 Å². The third-order valence-corrected chi connectivity index (χ3v) is 6.82. The van der Waals surface area contributed by atoms with Crippen molar-refractivity contribution < 1.29 is 9.59 Å². The maximum absolute atomic E-state index is 12.4. The molecule has 160 valence electrons. The molecular formula is C22H40N4O2. The van der Waals surface area contributed by atoms with E-state index in [1.807, 2.05) is 0 Å². The highest BCUT2D eigenvalue weighted by Crippen LogP contribution is 2.27. The molecule has 1 aliphatic heterocycles. The van der Waals surface area contributed by atoms with Gasteiger partial charge in [-0.25, -0.2) is 0 Å². The van der Waals surface area contributed by atoms with Crippen molar-refractivity contribution in [3.8, 4) is 0 Å². The first kappa shape index (κ1) is 21.6. The van der Waals surface area contributed by atoms with Crippen molar-refractivity contribution >= 4 is 11.8 Å². The maximum atomic E-state index is 12.4. The van der Waals surface area contributed by atoms with Crippen molar-refractivity contribution in [2.45, 2.75) is 76.7 Å². The van der Waals surface area contributed by atoms with Gasteiger partial charge in [0.1, 0.15) is 0 Å². The normalized spacial score (nSPS) is 27.3. The van der Waals surface area contributed by atoms with Crippen LogP contribution in [0.2, 0.25) is 0 Å². The minimum atomic E-state index is 0.130. The number of nitrogens with one attached hydrogen (secondary N) is 3. The molecule has 0 aromatic carbocycles. The maximum Gasteiger partial charge on any atom is 0.223 e. The number of nitrogens with zero attached hydrogens (tertiary/aromatic N) is 1. The smallest absolute Gasteiger partial charge is 0.223 e. The number of amides is 2. The molecule has 0 aromatic heterocycles. The molecule has 0 radical (unpaired) electrons. The first-order valence-electron chi connectivity index (χ1n) is 11.7. The van der Waals surface area contributed by atoms with Crippen LogP contribution in [-0.4, -0.2) is 62.0 Å². The van der Waals surface area contributed by atoms with Crippen molar-refractivity contribution in [1.82, 2.24) is 20.9 Å². The molecule has 2 aliphatic carbocycles. The molecule has 0 bridgehead atoms. The Morgan fingerprint density at radius 1 is 0.929 bits per heavy atom. The van der Waals surface area contributed by atoms with Gasteiger partial charge in [-0.3, -0.25) is 9.59 Å². The number of piperazine rings is 1. The third-order valence-electron chi connectivity index (χ3n) is 6.82. The zero-order valence-electron chi connectivity index (χ0n) is 17.5. The minimum Gasteiger partial charge on any atom is -0.356 e. The summed E-state index contributed by atoms with van der Waals surface area (Å²) in [6.45, 7) is 6.23. The summed E-state index contributed by atoms with van der Waals surface area (Å²) in [5, 5.41) is 9.73. The molecule has 0 atom stereocenters. The largest absolute Gasteiger partial charge is 0.356 e. The van der Waals surface area contributed by atoms with Crippen molar-refractivity contribution in [1.29, 1.82) is 0 Å². The van der Waals surface area contributed by atoms with E-state index in [1.165, 1.54) is 32.1 Å². The zero-order chi connectivity index (χ0) is 19.6. The molecule has 2 saturated carbocycles. The molecule has 2 amide bonds. The number of carbonyl (C=O) groups is 2. The Hall–Kier alpha value is -1.14. The van der Waals surface area contributed by atoms with E-state index in [0.29, 0.717) is 12.3 Å². The van der Waals surface area contributed by atoms with E-state index < -0.39 is 0 Å². The molecule has 3 rings (SSSR count). The summed E-state index contributed by atoms with van der Waals surface area (Å²) in [4.78, 5) is 27.2. The fourth-order valence-corrected chi connectivity index (χ4v) is 5.03. The van der Waals surface area contributed by atoms with Gasteiger partial charge in [-0.2, -0.15) is 0 Å². The molecule has 1 saturated heterocycles. The summed E-state index contributed by atoms with van der Waals surface area (Å²) in [7, 11) is 0. The lowest BCUT2D eigenvalue weighted by Crippen LogP contribution is -2.44. The number of hydrogen-bond donors (Lipinski definition) is 3. The molecule has 0 unspecified atom stereocenters. The number of rotatable bonds is 8. The monoisotopic (exact) mass is 392 g/mol. The molecular weight excluding hydrogens is 352 g/mol. The fraction of sp³-hybridized carbons (Fsp3) is 0.909. The quantitative estimate of drug-likeness (QED) is 0.553. The summed E-state index contributed by atoms with van der Waals surface area (Å²) >= 11 is 0. The fourth-order valence-electron chi connectivity index (χ4n) is 5.03. The molecule has 3 N–H and O–H groups in total. The highest BCUT2D eigenvalue weighted by Gasteiger charge is 2.27. The highest BCUT2D eigenvalue weighted by atomic mass is 16.2. The summed E-state index contributed by atoms with van der Waals surface area (Å²) in [5.74, 6) is 1.17. The van der Waals surface area contributed by atoms with Gasteiger partial charge in [0.25, 0.3) is 0 Å². The van der Waals surface area contributed by atoms with E-state index in [-0.39, 0.29) is 23.8 Å². The van der Waals surface area contributed by atoms with Crippen LogP contribution in [0.1, 0.15) is 70.6 Å². The second kappa shape index (κ2) is 11.8. The van der Waals surface area contributed by atoms with Crippen LogP contribution in [0.4, 0.5) is 0 Å². The van der Waals surface area contributed by atoms with E-state index in [4.69, 9.17) is 0 Å². The number of carbonyl (C=O) groups excluding carboxylic acids is 2. The Balaban J connectivity index is 1.24. The topological polar surface area (TPSA) is 73.5 Å². The van der Waals surface area contributed by atoms with E-state index in [0.717, 1.165) is 71.4 Å². The van der Waals surface area contributed by atoms with Crippen LogP contribution >= 0.6 is 0 Å². The van der Waals surface area contributed by atoms with Gasteiger partial charge in [-0.1, -0.05) is 19.3 Å². The van der Waals surface area contributed by atoms with Crippen molar-refractivity contribution in [2.24, 2.45) is 11.8 Å². The van der Waals surface area contributed by atoms with Crippen molar-refractivity contribution in [3.63, 3.8) is 0 Å². The lowest BCUT2D eigenvalue weighted by molar-refractivity contribution is -0.126. The zero-order valence-corrected chi connectivity index (χ0v) is 17.5. The van der Waals surface area contributed by atoms with Gasteiger partial charge in [0.15, 0.2) is 0 Å². The molecule has 0 aromatic rings. The molecule has 28 heavy (non-hydrogen) atoms. The molecule has 6 heteroatoms. The highest BCUT2D eigenvalue weighted by molar-refractivity contribution is 5.79. The molecule has 0 spiro atoms. The van der Waals surface area contributed by atoms with Crippen molar-refractivity contribution in [3.05, 3.63) is 0 Å². The average molecular weight is 393 g/mol. The van der Waals surface area contributed by atoms with E-state index in [1.54, 1.807) is 0 Å². The van der Waals surface area contributed by atoms with Gasteiger partial charge in [0, 0.05) is 51.1 Å². The van der Waals surface area contributed by atoms with Gasteiger partial charge in [-0.15, -0.1) is 0 Å². The summed E-state index contributed by atoms with van der Waals surface area (Å²) in [6, 6.07) is 0.271. The van der Waals surface area contributed by atoms with Crippen LogP contribution in [0.25, 0.3) is 0 Å². The molecule has 1 heterocycles. The van der Waals surface area contributed by atoms with Gasteiger partial charge in [0.05, 0.1) is 0 Å². The van der Waals surface area contributed by atoms with Crippen LogP contribution < -0.4 is 16.0 Å². The van der Waals surface area contributed by atoms with Crippen LogP contribution in [0.3, 0.4) is 0 Å². The Morgan fingerprint density at radius 2 is 1.64 bits per heavy atom. The Kier molecular flexibility index (Phi) is 9.06. The first-order chi connectivity index (χ1) is 13.7. The third kappa shape index (κ3) is 7.36. The number of hydrogen-bond acceptors (Lipinski definition) is 4. The molecule has 3 aliphatic rings. The van der Waals surface area contributed by atoms with Crippen LogP contribution in [0, 0.1) is 11.8 Å². The lowest BCUT2D eigenvalue weighted by Gasteiger charge is -2.29. The molecule has 3 fully saturated rings. The predicted octanol–water partition coefficient (Wildman–Crippen LogP) is 2.04. The summed E-state index contributed by atoms with van der Waals surface area (Å²) in [5.41, 5.74) is 0. The molecule has 6 nitrogen and oxygen atoms in total. The lowest BCUT2D eigenvalue weighted by atomic mass is 9.84. The first-order valence-corrected chi connectivity index (χ1v) is 11.7. The van der Waals surface area contributed by atoms with E-state index >= 15 is 0 Å². The van der Waals surface area contributed by atoms with Crippen LogP contribution in [0.5, 0.6) is 0 Å². The SMILES string of the molecule is O=C(CC1CCCCC1)NC1CCC(C(=O)NCCCN2CCNCC2)CC1. The minimum absolute atomic E-state index is 0.130. The Morgan fingerprint density at radius 3 is 2.36 bits per heavy atom. The second-order valence-corrected chi connectivity index (χ2v) is 9.06. The standard InChI is InChI=1S/C22H40N4O2/c27-21(17-18-5-2-1-3-6-18)25-20-9-7-19(8-10-20)22(28)24-11-4-14-26-15-12-23-13-16-26/h18-20,23H,1-17H2,(H,24,28)(H,25,27). The Bertz CT molecular complexity index is 479.